The predicted molar refractivity (Wildman–Crippen MR) is 63.4 cm³/mol. The van der Waals surface area contributed by atoms with Gasteiger partial charge in [-0.25, -0.2) is 4.39 Å². The number of hydrogen-bond donors (Lipinski definition) is 1. The first-order chi connectivity index (χ1) is 8.87. The highest BCUT2D eigenvalue weighted by atomic mass is 32.1. The van der Waals surface area contributed by atoms with E-state index < -0.39 is 24.0 Å². The summed E-state index contributed by atoms with van der Waals surface area (Å²) in [5, 5.41) is 3.46. The number of benzene rings is 1. The average molecular weight is 291 g/mol. The van der Waals surface area contributed by atoms with Gasteiger partial charge < -0.3 is 10.5 Å². The molecule has 19 heavy (non-hydrogen) atoms. The molecule has 1 heterocycles. The van der Waals surface area contributed by atoms with Crippen LogP contribution in [0.3, 0.4) is 0 Å². The molecule has 0 spiro atoms. The van der Waals surface area contributed by atoms with Gasteiger partial charge in [0.05, 0.1) is 6.04 Å². The van der Waals surface area contributed by atoms with E-state index in [1.54, 1.807) is 16.8 Å². The predicted octanol–water partition coefficient (Wildman–Crippen LogP) is 3.83. The monoisotopic (exact) mass is 291 g/mol. The van der Waals surface area contributed by atoms with E-state index in [9.17, 15) is 17.6 Å². The quantitative estimate of drug-likeness (QED) is 0.872. The Labute approximate surface area is 110 Å². The number of alkyl halides is 3. The summed E-state index contributed by atoms with van der Waals surface area (Å²) in [6, 6.07) is 3.63. The molecule has 0 radical (unpaired) electrons. The van der Waals surface area contributed by atoms with Gasteiger partial charge in [-0.1, -0.05) is 0 Å². The van der Waals surface area contributed by atoms with Crippen LogP contribution < -0.4 is 10.5 Å². The maximum atomic E-state index is 13.6. The Morgan fingerprint density at radius 3 is 2.53 bits per heavy atom. The van der Waals surface area contributed by atoms with Gasteiger partial charge in [-0.3, -0.25) is 0 Å². The lowest BCUT2D eigenvalue weighted by molar-refractivity contribution is -0.274. The zero-order valence-corrected chi connectivity index (χ0v) is 10.3. The fourth-order valence-corrected chi connectivity index (χ4v) is 2.29. The van der Waals surface area contributed by atoms with Gasteiger partial charge in [0.25, 0.3) is 0 Å². The molecule has 0 aliphatic carbocycles. The molecule has 0 fully saturated rings. The van der Waals surface area contributed by atoms with E-state index in [1.165, 1.54) is 11.3 Å². The summed E-state index contributed by atoms with van der Waals surface area (Å²) in [6.45, 7) is 0. The van der Waals surface area contributed by atoms with E-state index >= 15 is 0 Å². The summed E-state index contributed by atoms with van der Waals surface area (Å²) in [5.41, 5.74) is 6.42. The van der Waals surface area contributed by atoms with Crippen LogP contribution in [0.15, 0.2) is 35.0 Å². The Hall–Kier alpha value is -1.60. The molecule has 0 saturated carbocycles. The summed E-state index contributed by atoms with van der Waals surface area (Å²) in [4.78, 5) is 0. The zero-order valence-electron chi connectivity index (χ0n) is 9.45. The van der Waals surface area contributed by atoms with Gasteiger partial charge in [0.2, 0.25) is 0 Å². The molecule has 0 unspecified atom stereocenters. The van der Waals surface area contributed by atoms with Crippen molar-refractivity contribution in [3.05, 3.63) is 52.0 Å². The maximum Gasteiger partial charge on any atom is 0.573 e. The second-order valence-electron chi connectivity index (χ2n) is 3.77. The first-order valence-corrected chi connectivity index (χ1v) is 6.14. The standard InChI is InChI=1S/C12H9F4NOS/c13-10-2-1-8(18-12(14,15)16)5-9(10)11(17)7-3-4-19-6-7/h1-6,11H,17H2/t11-/m1/s1. The molecule has 2 nitrogen and oxygen atoms in total. The average Bonchev–Trinajstić information content (AvgIpc) is 2.82. The van der Waals surface area contributed by atoms with Crippen molar-refractivity contribution < 1.29 is 22.3 Å². The number of halogens is 4. The Balaban J connectivity index is 2.32. The molecule has 0 saturated heterocycles. The number of hydrogen-bond acceptors (Lipinski definition) is 3. The number of thiophene rings is 1. The Bertz CT molecular complexity index is 553. The van der Waals surface area contributed by atoms with Crippen LogP contribution in [0.4, 0.5) is 17.6 Å². The van der Waals surface area contributed by atoms with Crippen molar-refractivity contribution >= 4 is 11.3 Å². The van der Waals surface area contributed by atoms with Gasteiger partial charge in [-0.05, 0) is 40.6 Å². The summed E-state index contributed by atoms with van der Waals surface area (Å²) in [7, 11) is 0. The molecule has 7 heteroatoms. The smallest absolute Gasteiger partial charge is 0.406 e. The summed E-state index contributed by atoms with van der Waals surface area (Å²) in [5.74, 6) is -1.16. The molecule has 2 N–H and O–H groups in total. The van der Waals surface area contributed by atoms with Crippen molar-refractivity contribution in [2.24, 2.45) is 5.73 Å². The molecule has 2 rings (SSSR count). The van der Waals surface area contributed by atoms with Crippen LogP contribution in [0.5, 0.6) is 5.75 Å². The van der Waals surface area contributed by atoms with Crippen molar-refractivity contribution in [2.45, 2.75) is 12.4 Å². The third-order valence-electron chi connectivity index (χ3n) is 2.44. The van der Waals surface area contributed by atoms with E-state index in [0.717, 1.165) is 18.2 Å². The van der Waals surface area contributed by atoms with E-state index in [-0.39, 0.29) is 5.56 Å². The molecule has 0 bridgehead atoms. The third kappa shape index (κ3) is 3.45. The molecule has 2 aromatic rings. The molecule has 0 aliphatic rings. The molecule has 1 aromatic heterocycles. The minimum atomic E-state index is -4.82. The van der Waals surface area contributed by atoms with E-state index in [2.05, 4.69) is 4.74 Å². The summed E-state index contributed by atoms with van der Waals surface area (Å²) in [6.07, 6.45) is -4.82. The molecule has 1 aromatic carbocycles. The van der Waals surface area contributed by atoms with Crippen molar-refractivity contribution in [3.8, 4) is 5.75 Å². The molecule has 0 aliphatic heterocycles. The normalized spacial score (nSPS) is 13.3. The van der Waals surface area contributed by atoms with Crippen molar-refractivity contribution in [2.75, 3.05) is 0 Å². The van der Waals surface area contributed by atoms with Crippen molar-refractivity contribution in [1.29, 1.82) is 0 Å². The Kier molecular flexibility index (Phi) is 3.77. The van der Waals surface area contributed by atoms with E-state index in [1.807, 2.05) is 0 Å². The molecular weight excluding hydrogens is 282 g/mol. The Morgan fingerprint density at radius 2 is 1.95 bits per heavy atom. The van der Waals surface area contributed by atoms with Gasteiger partial charge in [0.15, 0.2) is 0 Å². The largest absolute Gasteiger partial charge is 0.573 e. The lowest BCUT2D eigenvalue weighted by atomic mass is 10.0. The lowest BCUT2D eigenvalue weighted by Crippen LogP contribution is -2.18. The first-order valence-electron chi connectivity index (χ1n) is 5.19. The SMILES string of the molecule is N[C@H](c1ccsc1)c1cc(OC(F)(F)F)ccc1F. The zero-order chi connectivity index (χ0) is 14.0. The highest BCUT2D eigenvalue weighted by Gasteiger charge is 2.31. The highest BCUT2D eigenvalue weighted by molar-refractivity contribution is 7.08. The van der Waals surface area contributed by atoms with Gasteiger partial charge in [0, 0.05) is 5.56 Å². The van der Waals surface area contributed by atoms with Crippen LogP contribution in [0.2, 0.25) is 0 Å². The minimum absolute atomic E-state index is 0.0415. The molecular formula is C12H9F4NOS. The number of ether oxygens (including phenoxy) is 1. The Morgan fingerprint density at radius 1 is 1.21 bits per heavy atom. The highest BCUT2D eigenvalue weighted by Crippen LogP contribution is 2.29. The third-order valence-corrected chi connectivity index (χ3v) is 3.14. The van der Waals surface area contributed by atoms with Crippen molar-refractivity contribution in [3.63, 3.8) is 0 Å². The summed E-state index contributed by atoms with van der Waals surface area (Å²) >= 11 is 1.37. The van der Waals surface area contributed by atoms with Crippen LogP contribution in [0, 0.1) is 5.82 Å². The van der Waals surface area contributed by atoms with Crippen LogP contribution in [-0.4, -0.2) is 6.36 Å². The lowest BCUT2D eigenvalue weighted by Gasteiger charge is -2.14. The topological polar surface area (TPSA) is 35.2 Å². The molecule has 102 valence electrons. The van der Waals surface area contributed by atoms with Crippen LogP contribution in [0.25, 0.3) is 0 Å². The minimum Gasteiger partial charge on any atom is -0.406 e. The molecule has 0 amide bonds. The fraction of sp³-hybridized carbons (Fsp3) is 0.167. The van der Waals surface area contributed by atoms with E-state index in [0.29, 0.717) is 5.56 Å². The van der Waals surface area contributed by atoms with Crippen LogP contribution in [0.1, 0.15) is 17.2 Å². The van der Waals surface area contributed by atoms with Gasteiger partial charge in [-0.15, -0.1) is 13.2 Å². The first kappa shape index (κ1) is 13.8. The second-order valence-corrected chi connectivity index (χ2v) is 4.55. The van der Waals surface area contributed by atoms with Gasteiger partial charge in [0.1, 0.15) is 11.6 Å². The van der Waals surface area contributed by atoms with Gasteiger partial charge in [-0.2, -0.15) is 11.3 Å². The number of nitrogens with two attached hydrogens (primary N) is 1. The molecule has 1 atom stereocenters. The van der Waals surface area contributed by atoms with Crippen LogP contribution >= 0.6 is 11.3 Å². The number of rotatable bonds is 3. The second kappa shape index (κ2) is 5.18. The van der Waals surface area contributed by atoms with Crippen LogP contribution in [-0.2, 0) is 0 Å². The van der Waals surface area contributed by atoms with Crippen molar-refractivity contribution in [1.82, 2.24) is 0 Å². The summed E-state index contributed by atoms with van der Waals surface area (Å²) < 4.78 is 53.7. The van der Waals surface area contributed by atoms with E-state index in [4.69, 9.17) is 5.73 Å². The maximum absolute atomic E-state index is 13.6. The fourth-order valence-electron chi connectivity index (χ4n) is 1.59. The van der Waals surface area contributed by atoms with Gasteiger partial charge >= 0.3 is 6.36 Å².